The number of nitrogens with zero attached hydrogens (tertiary/aromatic N) is 2. The second-order valence-corrected chi connectivity index (χ2v) is 10.4. The molecule has 0 aliphatic rings. The van der Waals surface area contributed by atoms with Crippen LogP contribution >= 0.6 is 0 Å². The lowest BCUT2D eigenvalue weighted by molar-refractivity contribution is -0.131. The van der Waals surface area contributed by atoms with Gasteiger partial charge in [-0.25, -0.2) is 13.8 Å². The zero-order chi connectivity index (χ0) is 28.5. The highest BCUT2D eigenvalue weighted by atomic mass is 32.2. The summed E-state index contributed by atoms with van der Waals surface area (Å²) >= 11 is 0. The van der Waals surface area contributed by atoms with Gasteiger partial charge in [-0.05, 0) is 71.8 Å². The molecule has 0 spiro atoms. The first-order chi connectivity index (χ1) is 19.3. The maximum absolute atomic E-state index is 13.9. The third-order valence-corrected chi connectivity index (χ3v) is 7.53. The molecular weight excluding hydrogens is 530 g/mol. The number of sulfonamides is 1. The Balaban J connectivity index is 1.63. The molecule has 4 aromatic carbocycles. The molecule has 0 radical (unpaired) electrons. The zero-order valence-corrected chi connectivity index (χ0v) is 22.7. The van der Waals surface area contributed by atoms with E-state index in [4.69, 9.17) is 9.47 Å². The molecule has 9 nitrogen and oxygen atoms in total. The van der Waals surface area contributed by atoms with Crippen LogP contribution in [0.5, 0.6) is 11.5 Å². The number of rotatable bonds is 10. The fourth-order valence-corrected chi connectivity index (χ4v) is 5.29. The third kappa shape index (κ3) is 6.91. The molecule has 0 aliphatic carbocycles. The van der Waals surface area contributed by atoms with Crippen molar-refractivity contribution < 1.29 is 27.5 Å². The van der Waals surface area contributed by atoms with E-state index in [1.165, 1.54) is 42.8 Å². The zero-order valence-electron chi connectivity index (χ0n) is 21.9. The van der Waals surface area contributed by atoms with E-state index in [-0.39, 0.29) is 22.7 Å². The third-order valence-electron chi connectivity index (χ3n) is 5.76. The van der Waals surface area contributed by atoms with E-state index in [0.29, 0.717) is 17.1 Å². The summed E-state index contributed by atoms with van der Waals surface area (Å²) < 4.78 is 39.2. The van der Waals surface area contributed by atoms with Crippen LogP contribution in [-0.2, 0) is 21.4 Å². The smallest absolute Gasteiger partial charge is 0.308 e. The lowest BCUT2D eigenvalue weighted by Gasteiger charge is -2.26. The molecule has 4 aromatic rings. The number of hydrogen-bond acceptors (Lipinski definition) is 7. The molecule has 4 rings (SSSR count). The number of hydrazone groups is 1. The van der Waals surface area contributed by atoms with Gasteiger partial charge in [0.2, 0.25) is 0 Å². The summed E-state index contributed by atoms with van der Waals surface area (Å²) in [5.74, 6) is -0.111. The van der Waals surface area contributed by atoms with Crippen molar-refractivity contribution in [2.24, 2.45) is 5.10 Å². The maximum atomic E-state index is 13.9. The molecule has 0 atom stereocenters. The number of esters is 1. The number of carbonyl (C=O) groups excluding carboxylic acids is 2. The average molecular weight is 558 g/mol. The van der Waals surface area contributed by atoms with Crippen LogP contribution in [0.2, 0.25) is 0 Å². The molecule has 204 valence electrons. The lowest BCUT2D eigenvalue weighted by Crippen LogP contribution is -2.33. The van der Waals surface area contributed by atoms with Crippen molar-refractivity contribution in [1.82, 2.24) is 5.43 Å². The van der Waals surface area contributed by atoms with Crippen molar-refractivity contribution in [3.8, 4) is 11.5 Å². The second-order valence-electron chi connectivity index (χ2n) is 8.55. The summed E-state index contributed by atoms with van der Waals surface area (Å²) in [6.45, 7) is 1.31. The Labute approximate surface area is 232 Å². The summed E-state index contributed by atoms with van der Waals surface area (Å²) in [5, 5.41) is 4.02. The van der Waals surface area contributed by atoms with Gasteiger partial charge in [0.25, 0.3) is 15.9 Å². The van der Waals surface area contributed by atoms with Gasteiger partial charge in [0, 0.05) is 6.92 Å². The molecule has 0 unspecified atom stereocenters. The topological polar surface area (TPSA) is 114 Å². The molecule has 0 saturated heterocycles. The quantitative estimate of drug-likeness (QED) is 0.130. The SMILES string of the molecule is COc1ccc(S(=O)(=O)N(Cc2ccccc2)c2ccccc2C(=O)NN=Cc2ccc(OC(C)=O)cc2)cc1. The van der Waals surface area contributed by atoms with Crippen molar-refractivity contribution in [1.29, 1.82) is 0 Å². The van der Waals surface area contributed by atoms with Gasteiger partial charge >= 0.3 is 5.97 Å². The number of hydrogen-bond donors (Lipinski definition) is 1. The fourth-order valence-electron chi connectivity index (χ4n) is 3.82. The van der Waals surface area contributed by atoms with E-state index >= 15 is 0 Å². The summed E-state index contributed by atoms with van der Waals surface area (Å²) in [6.07, 6.45) is 1.42. The van der Waals surface area contributed by atoms with E-state index in [0.717, 1.165) is 5.56 Å². The molecule has 10 heteroatoms. The predicted molar refractivity (Wildman–Crippen MR) is 152 cm³/mol. The molecule has 0 fully saturated rings. The molecule has 0 aliphatic heterocycles. The fraction of sp³-hybridized carbons (Fsp3) is 0.100. The molecule has 0 bridgehead atoms. The van der Waals surface area contributed by atoms with Gasteiger partial charge in [-0.2, -0.15) is 5.10 Å². The number of carbonyl (C=O) groups is 2. The van der Waals surface area contributed by atoms with Gasteiger partial charge in [0.15, 0.2) is 0 Å². The number of anilines is 1. The van der Waals surface area contributed by atoms with Crippen molar-refractivity contribution in [2.75, 3.05) is 11.4 Å². The van der Waals surface area contributed by atoms with Crippen LogP contribution in [0.15, 0.2) is 113 Å². The molecule has 0 aromatic heterocycles. The number of amides is 1. The van der Waals surface area contributed by atoms with Gasteiger partial charge in [-0.1, -0.05) is 42.5 Å². The van der Waals surface area contributed by atoms with Crippen LogP contribution in [0.3, 0.4) is 0 Å². The molecule has 0 heterocycles. The highest BCUT2D eigenvalue weighted by Crippen LogP contribution is 2.30. The second kappa shape index (κ2) is 12.7. The van der Waals surface area contributed by atoms with Gasteiger partial charge in [0.1, 0.15) is 11.5 Å². The van der Waals surface area contributed by atoms with E-state index in [2.05, 4.69) is 10.5 Å². The normalized spacial score (nSPS) is 11.2. The van der Waals surface area contributed by atoms with Crippen LogP contribution in [0.4, 0.5) is 5.69 Å². The van der Waals surface area contributed by atoms with E-state index in [1.807, 2.05) is 30.3 Å². The largest absolute Gasteiger partial charge is 0.497 e. The first-order valence-corrected chi connectivity index (χ1v) is 13.6. The Morgan fingerprint density at radius 1 is 0.850 bits per heavy atom. The first-order valence-electron chi connectivity index (χ1n) is 12.2. The van der Waals surface area contributed by atoms with Crippen LogP contribution in [0.25, 0.3) is 0 Å². The minimum atomic E-state index is -4.09. The van der Waals surface area contributed by atoms with E-state index < -0.39 is 21.9 Å². The highest BCUT2D eigenvalue weighted by Gasteiger charge is 2.28. The minimum Gasteiger partial charge on any atom is -0.497 e. The van der Waals surface area contributed by atoms with Gasteiger partial charge < -0.3 is 9.47 Å². The Hall–Kier alpha value is -4.96. The van der Waals surface area contributed by atoms with Crippen LogP contribution < -0.4 is 19.2 Å². The maximum Gasteiger partial charge on any atom is 0.308 e. The lowest BCUT2D eigenvalue weighted by atomic mass is 10.1. The first kappa shape index (κ1) is 28.1. The van der Waals surface area contributed by atoms with Gasteiger partial charge in [-0.15, -0.1) is 0 Å². The van der Waals surface area contributed by atoms with Crippen molar-refractivity contribution in [2.45, 2.75) is 18.4 Å². The Morgan fingerprint density at radius 3 is 2.12 bits per heavy atom. The molecule has 0 saturated carbocycles. The summed E-state index contributed by atoms with van der Waals surface area (Å²) in [5.41, 5.74) is 4.18. The molecular formula is C30H27N3O6S. The van der Waals surface area contributed by atoms with Crippen molar-refractivity contribution >= 4 is 33.8 Å². The molecule has 1 N–H and O–H groups in total. The summed E-state index contributed by atoms with van der Waals surface area (Å²) in [6, 6.07) is 28.2. The Morgan fingerprint density at radius 2 is 1.48 bits per heavy atom. The number of para-hydroxylation sites is 1. The van der Waals surface area contributed by atoms with E-state index in [1.54, 1.807) is 54.6 Å². The van der Waals surface area contributed by atoms with Gasteiger partial charge in [-0.3, -0.25) is 13.9 Å². The highest BCUT2D eigenvalue weighted by molar-refractivity contribution is 7.92. The summed E-state index contributed by atoms with van der Waals surface area (Å²) in [7, 11) is -2.59. The number of benzene rings is 4. The number of methoxy groups -OCH3 is 1. The van der Waals surface area contributed by atoms with Crippen molar-refractivity contribution in [3.05, 3.63) is 120 Å². The van der Waals surface area contributed by atoms with Crippen LogP contribution in [0, 0.1) is 0 Å². The van der Waals surface area contributed by atoms with E-state index in [9.17, 15) is 18.0 Å². The molecule has 1 amide bonds. The number of nitrogens with one attached hydrogen (secondary N) is 1. The van der Waals surface area contributed by atoms with Crippen LogP contribution in [-0.4, -0.2) is 33.6 Å². The monoisotopic (exact) mass is 557 g/mol. The van der Waals surface area contributed by atoms with Crippen molar-refractivity contribution in [3.63, 3.8) is 0 Å². The standard InChI is InChI=1S/C30H27N3O6S/c1-22(34)39-26-14-12-23(13-15-26)20-31-32-30(35)28-10-6-7-11-29(28)33(21-24-8-4-3-5-9-24)40(36,37)27-18-16-25(38-2)17-19-27/h3-20H,21H2,1-2H3,(H,32,35). The summed E-state index contributed by atoms with van der Waals surface area (Å²) in [4.78, 5) is 24.3. The number of ether oxygens (including phenoxy) is 2. The van der Waals surface area contributed by atoms with Gasteiger partial charge in [0.05, 0.1) is 36.0 Å². The Kier molecular flexibility index (Phi) is 8.93. The predicted octanol–water partition coefficient (Wildman–Crippen LogP) is 4.78. The van der Waals surface area contributed by atoms with Crippen LogP contribution in [0.1, 0.15) is 28.4 Å². The Bertz CT molecular complexity index is 1600. The average Bonchev–Trinajstić information content (AvgIpc) is 2.97. The molecule has 40 heavy (non-hydrogen) atoms. The minimum absolute atomic E-state index is 0.00253.